The molecule has 1 aromatic heterocycles. The number of hydrogen-bond acceptors (Lipinski definition) is 4. The topological polar surface area (TPSA) is 83.6 Å². The molecule has 1 saturated carbocycles. The van der Waals surface area contributed by atoms with Crippen LogP contribution in [-0.4, -0.2) is 26.9 Å². The lowest BCUT2D eigenvalue weighted by Crippen LogP contribution is -2.41. The van der Waals surface area contributed by atoms with E-state index in [1.54, 1.807) is 10.8 Å². The molecule has 124 valence electrons. The Morgan fingerprint density at radius 2 is 2.21 bits per heavy atom. The first kappa shape index (κ1) is 16.2. The van der Waals surface area contributed by atoms with Gasteiger partial charge >= 0.3 is 0 Å². The number of hydrogen-bond donors (Lipinski definition) is 1. The van der Waals surface area contributed by atoms with E-state index >= 15 is 0 Å². The quantitative estimate of drug-likeness (QED) is 0.695. The molecule has 0 radical (unpaired) electrons. The SMILES string of the molecule is CC1CCCCC1NC(=O)/C(C#N)=C\c1ccc2nnn(C)c2c1. The molecule has 1 amide bonds. The van der Waals surface area contributed by atoms with Gasteiger partial charge in [-0.3, -0.25) is 4.79 Å². The van der Waals surface area contributed by atoms with Crippen molar-refractivity contribution in [3.63, 3.8) is 0 Å². The van der Waals surface area contributed by atoms with Gasteiger partial charge in [0.1, 0.15) is 17.2 Å². The fourth-order valence-electron chi connectivity index (χ4n) is 3.23. The minimum atomic E-state index is -0.292. The normalized spacial score (nSPS) is 21.5. The first-order valence-corrected chi connectivity index (χ1v) is 8.30. The minimum absolute atomic E-state index is 0.127. The summed E-state index contributed by atoms with van der Waals surface area (Å²) in [6.45, 7) is 2.16. The smallest absolute Gasteiger partial charge is 0.262 e. The Hall–Kier alpha value is -2.68. The molecular formula is C18H21N5O. The van der Waals surface area contributed by atoms with Crippen LogP contribution in [0.4, 0.5) is 0 Å². The molecule has 3 rings (SSSR count). The third-order valence-corrected chi connectivity index (χ3v) is 4.74. The maximum atomic E-state index is 12.4. The number of rotatable bonds is 3. The Morgan fingerprint density at radius 3 is 2.96 bits per heavy atom. The van der Waals surface area contributed by atoms with Crippen molar-refractivity contribution in [3.05, 3.63) is 29.3 Å². The molecule has 24 heavy (non-hydrogen) atoms. The largest absolute Gasteiger partial charge is 0.348 e. The number of aromatic nitrogens is 3. The predicted molar refractivity (Wildman–Crippen MR) is 91.7 cm³/mol. The average molecular weight is 323 g/mol. The Labute approximate surface area is 141 Å². The lowest BCUT2D eigenvalue weighted by atomic mass is 9.86. The highest BCUT2D eigenvalue weighted by molar-refractivity contribution is 6.02. The molecule has 0 aliphatic heterocycles. The van der Waals surface area contributed by atoms with Gasteiger partial charge < -0.3 is 5.32 Å². The number of aryl methyl sites for hydroxylation is 1. The van der Waals surface area contributed by atoms with Crippen molar-refractivity contribution >= 4 is 23.0 Å². The molecule has 1 aliphatic rings. The monoisotopic (exact) mass is 323 g/mol. The molecule has 6 nitrogen and oxygen atoms in total. The molecule has 1 aliphatic carbocycles. The van der Waals surface area contributed by atoms with Gasteiger partial charge in [-0.15, -0.1) is 5.10 Å². The fourth-order valence-corrected chi connectivity index (χ4v) is 3.23. The van der Waals surface area contributed by atoms with E-state index in [-0.39, 0.29) is 17.5 Å². The van der Waals surface area contributed by atoms with E-state index in [1.807, 2.05) is 31.3 Å². The predicted octanol–water partition coefficient (Wildman–Crippen LogP) is 2.57. The van der Waals surface area contributed by atoms with Gasteiger partial charge in [-0.1, -0.05) is 31.0 Å². The maximum Gasteiger partial charge on any atom is 0.262 e. The fraction of sp³-hybridized carbons (Fsp3) is 0.444. The summed E-state index contributed by atoms with van der Waals surface area (Å²) in [5.74, 6) is 0.166. The highest BCUT2D eigenvalue weighted by Crippen LogP contribution is 2.24. The van der Waals surface area contributed by atoms with Gasteiger partial charge in [0.25, 0.3) is 5.91 Å². The van der Waals surface area contributed by atoms with Gasteiger partial charge in [-0.2, -0.15) is 5.26 Å². The number of carbonyl (C=O) groups is 1. The van der Waals surface area contributed by atoms with Crippen LogP contribution in [0, 0.1) is 17.2 Å². The third kappa shape index (κ3) is 3.30. The molecular weight excluding hydrogens is 302 g/mol. The summed E-state index contributed by atoms with van der Waals surface area (Å²) in [5, 5.41) is 20.4. The summed E-state index contributed by atoms with van der Waals surface area (Å²) < 4.78 is 1.67. The lowest BCUT2D eigenvalue weighted by Gasteiger charge is -2.29. The Balaban J connectivity index is 1.81. The van der Waals surface area contributed by atoms with E-state index < -0.39 is 0 Å². The number of amides is 1. The molecule has 0 bridgehead atoms. The average Bonchev–Trinajstić information content (AvgIpc) is 2.95. The van der Waals surface area contributed by atoms with Crippen molar-refractivity contribution in [2.24, 2.45) is 13.0 Å². The molecule has 1 fully saturated rings. The second-order valence-corrected chi connectivity index (χ2v) is 6.47. The molecule has 1 aromatic carbocycles. The van der Waals surface area contributed by atoms with Gasteiger partial charge in [0.2, 0.25) is 0 Å². The van der Waals surface area contributed by atoms with Crippen LogP contribution in [0.2, 0.25) is 0 Å². The summed E-state index contributed by atoms with van der Waals surface area (Å²) in [6, 6.07) is 7.74. The summed E-state index contributed by atoms with van der Waals surface area (Å²) in [5.41, 5.74) is 2.56. The van der Waals surface area contributed by atoms with E-state index in [2.05, 4.69) is 22.6 Å². The molecule has 2 unspecified atom stereocenters. The zero-order valence-electron chi connectivity index (χ0n) is 14.0. The summed E-state index contributed by atoms with van der Waals surface area (Å²) in [6.07, 6.45) is 6.08. The van der Waals surface area contributed by atoms with Crippen LogP contribution in [0.5, 0.6) is 0 Å². The highest BCUT2D eigenvalue weighted by atomic mass is 16.1. The van der Waals surface area contributed by atoms with Crippen molar-refractivity contribution in [1.82, 2.24) is 20.3 Å². The van der Waals surface area contributed by atoms with Crippen molar-refractivity contribution < 1.29 is 4.79 Å². The van der Waals surface area contributed by atoms with Gasteiger partial charge in [0, 0.05) is 13.1 Å². The Bertz CT molecular complexity index is 830. The summed E-state index contributed by atoms with van der Waals surface area (Å²) in [4.78, 5) is 12.4. The molecule has 1 N–H and O–H groups in total. The van der Waals surface area contributed by atoms with Crippen LogP contribution in [0.1, 0.15) is 38.2 Å². The standard InChI is InChI=1S/C18H21N5O/c1-12-5-3-4-6-15(12)20-18(24)14(11-19)9-13-7-8-16-17(10-13)23(2)22-21-16/h7-10,12,15H,3-6H2,1-2H3,(H,20,24)/b14-9-. The first-order valence-electron chi connectivity index (χ1n) is 8.30. The van der Waals surface area contributed by atoms with Crippen molar-refractivity contribution in [3.8, 4) is 6.07 Å². The molecule has 6 heteroatoms. The van der Waals surface area contributed by atoms with E-state index in [0.29, 0.717) is 5.92 Å². The maximum absolute atomic E-state index is 12.4. The zero-order valence-corrected chi connectivity index (χ0v) is 14.0. The molecule has 0 saturated heterocycles. The molecule has 2 aromatic rings. The van der Waals surface area contributed by atoms with Crippen LogP contribution in [0.25, 0.3) is 17.1 Å². The van der Waals surface area contributed by atoms with Gasteiger partial charge in [0.05, 0.1) is 5.52 Å². The number of nitrogens with one attached hydrogen (secondary N) is 1. The van der Waals surface area contributed by atoms with Gasteiger partial charge in [-0.25, -0.2) is 4.68 Å². The van der Waals surface area contributed by atoms with Crippen LogP contribution in [0.3, 0.4) is 0 Å². The van der Waals surface area contributed by atoms with Crippen LogP contribution >= 0.6 is 0 Å². The number of nitriles is 1. The number of fused-ring (bicyclic) bond motifs is 1. The van der Waals surface area contributed by atoms with Crippen molar-refractivity contribution in [2.75, 3.05) is 0 Å². The van der Waals surface area contributed by atoms with E-state index in [0.717, 1.165) is 35.9 Å². The van der Waals surface area contributed by atoms with Crippen molar-refractivity contribution in [1.29, 1.82) is 5.26 Å². The van der Waals surface area contributed by atoms with Crippen molar-refractivity contribution in [2.45, 2.75) is 38.6 Å². The Morgan fingerprint density at radius 1 is 1.42 bits per heavy atom. The second kappa shape index (κ2) is 6.83. The highest BCUT2D eigenvalue weighted by Gasteiger charge is 2.24. The zero-order chi connectivity index (χ0) is 17.1. The molecule has 0 spiro atoms. The van der Waals surface area contributed by atoms with Gasteiger partial charge in [-0.05, 0) is 42.5 Å². The summed E-state index contributed by atoms with van der Waals surface area (Å²) in [7, 11) is 1.81. The minimum Gasteiger partial charge on any atom is -0.348 e. The number of carbonyl (C=O) groups excluding carboxylic acids is 1. The van der Waals surface area contributed by atoms with Gasteiger partial charge in [0.15, 0.2) is 0 Å². The Kier molecular flexibility index (Phi) is 4.61. The van der Waals surface area contributed by atoms with E-state index in [4.69, 9.17) is 0 Å². The second-order valence-electron chi connectivity index (χ2n) is 6.47. The van der Waals surface area contributed by atoms with E-state index in [9.17, 15) is 10.1 Å². The van der Waals surface area contributed by atoms with Crippen LogP contribution in [0.15, 0.2) is 23.8 Å². The summed E-state index contributed by atoms with van der Waals surface area (Å²) >= 11 is 0. The van der Waals surface area contributed by atoms with Crippen LogP contribution < -0.4 is 5.32 Å². The number of nitrogens with zero attached hydrogens (tertiary/aromatic N) is 4. The first-order chi connectivity index (χ1) is 11.6. The molecule has 1 heterocycles. The van der Waals surface area contributed by atoms with Crippen LogP contribution in [-0.2, 0) is 11.8 Å². The van der Waals surface area contributed by atoms with E-state index in [1.165, 1.54) is 6.42 Å². The molecule has 2 atom stereocenters. The number of benzene rings is 1. The lowest BCUT2D eigenvalue weighted by molar-refractivity contribution is -0.118. The third-order valence-electron chi connectivity index (χ3n) is 4.74.